The van der Waals surface area contributed by atoms with Gasteiger partial charge in [0, 0.05) is 16.4 Å². The molecule has 0 spiro atoms. The number of nitrogens with zero attached hydrogens (tertiary/aromatic N) is 1. The molecular formula is C12H8BrFN2O. The number of anilines is 1. The molecule has 2 aromatic rings. The molecule has 5 heteroatoms. The SMILES string of the molecule is O=C(Nc1cccc(F)c1)c1ncccc1Br. The lowest BCUT2D eigenvalue weighted by Gasteiger charge is -2.05. The summed E-state index contributed by atoms with van der Waals surface area (Å²) in [4.78, 5) is 15.8. The Morgan fingerprint density at radius 2 is 2.12 bits per heavy atom. The van der Waals surface area contributed by atoms with Gasteiger partial charge in [0.2, 0.25) is 0 Å². The minimum atomic E-state index is -0.400. The topological polar surface area (TPSA) is 42.0 Å². The molecule has 3 nitrogen and oxygen atoms in total. The maximum absolute atomic E-state index is 12.9. The van der Waals surface area contributed by atoms with Crippen molar-refractivity contribution in [3.05, 3.63) is 58.6 Å². The van der Waals surface area contributed by atoms with Crippen molar-refractivity contribution >= 4 is 27.5 Å². The highest BCUT2D eigenvalue weighted by Gasteiger charge is 2.11. The fraction of sp³-hybridized carbons (Fsp3) is 0. The van der Waals surface area contributed by atoms with Gasteiger partial charge in [0.05, 0.1) is 0 Å². The van der Waals surface area contributed by atoms with Gasteiger partial charge in [0.25, 0.3) is 5.91 Å². The molecule has 0 saturated carbocycles. The quantitative estimate of drug-likeness (QED) is 0.924. The standard InChI is InChI=1S/C12H8BrFN2O/c13-10-5-2-6-15-11(10)12(17)16-9-4-1-3-8(14)7-9/h1-7H,(H,16,17). The number of rotatable bonds is 2. The Hall–Kier alpha value is -1.75. The molecule has 0 aliphatic heterocycles. The van der Waals surface area contributed by atoms with Crippen molar-refractivity contribution < 1.29 is 9.18 Å². The fourth-order valence-corrected chi connectivity index (χ4v) is 1.74. The van der Waals surface area contributed by atoms with E-state index in [4.69, 9.17) is 0 Å². The maximum atomic E-state index is 12.9. The normalized spacial score (nSPS) is 10.0. The van der Waals surface area contributed by atoms with Gasteiger partial charge in [-0.2, -0.15) is 0 Å². The number of pyridine rings is 1. The summed E-state index contributed by atoms with van der Waals surface area (Å²) in [5, 5.41) is 2.57. The van der Waals surface area contributed by atoms with E-state index in [2.05, 4.69) is 26.2 Å². The van der Waals surface area contributed by atoms with Crippen LogP contribution in [0.4, 0.5) is 10.1 Å². The summed E-state index contributed by atoms with van der Waals surface area (Å²) >= 11 is 3.23. The lowest BCUT2D eigenvalue weighted by molar-refractivity contribution is 0.102. The third-order valence-electron chi connectivity index (χ3n) is 2.06. The molecule has 0 aliphatic carbocycles. The smallest absolute Gasteiger partial charge is 0.275 e. The number of hydrogen-bond donors (Lipinski definition) is 1. The van der Waals surface area contributed by atoms with Crippen molar-refractivity contribution in [3.8, 4) is 0 Å². The molecule has 1 aromatic heterocycles. The predicted molar refractivity (Wildman–Crippen MR) is 66.3 cm³/mol. The zero-order valence-electron chi connectivity index (χ0n) is 8.65. The van der Waals surface area contributed by atoms with Crippen LogP contribution in [0.15, 0.2) is 47.1 Å². The van der Waals surface area contributed by atoms with Crippen LogP contribution in [0.2, 0.25) is 0 Å². The Bertz CT molecular complexity index is 560. The van der Waals surface area contributed by atoms with Crippen molar-refractivity contribution in [1.29, 1.82) is 0 Å². The minimum absolute atomic E-state index is 0.261. The molecule has 1 aromatic carbocycles. The van der Waals surface area contributed by atoms with Crippen LogP contribution in [0.25, 0.3) is 0 Å². The molecule has 1 heterocycles. The molecule has 2 rings (SSSR count). The van der Waals surface area contributed by atoms with Gasteiger partial charge in [0.1, 0.15) is 11.5 Å². The summed E-state index contributed by atoms with van der Waals surface area (Å²) in [5.74, 6) is -0.786. The number of carbonyl (C=O) groups excluding carboxylic acids is 1. The van der Waals surface area contributed by atoms with Gasteiger partial charge < -0.3 is 5.32 Å². The van der Waals surface area contributed by atoms with Crippen LogP contribution in [0.1, 0.15) is 10.5 Å². The summed E-state index contributed by atoms with van der Waals surface area (Å²) < 4.78 is 13.5. The van der Waals surface area contributed by atoms with E-state index in [9.17, 15) is 9.18 Å². The van der Waals surface area contributed by atoms with Crippen LogP contribution in [0.5, 0.6) is 0 Å². The largest absolute Gasteiger partial charge is 0.321 e. The second-order valence-corrected chi connectivity index (χ2v) is 4.15. The molecule has 1 N–H and O–H groups in total. The third-order valence-corrected chi connectivity index (χ3v) is 2.70. The Kier molecular flexibility index (Phi) is 3.49. The van der Waals surface area contributed by atoms with E-state index in [1.807, 2.05) is 0 Å². The van der Waals surface area contributed by atoms with Crippen LogP contribution >= 0.6 is 15.9 Å². The molecule has 86 valence electrons. The molecule has 1 amide bonds. The van der Waals surface area contributed by atoms with Crippen LogP contribution < -0.4 is 5.32 Å². The van der Waals surface area contributed by atoms with Gasteiger partial charge in [-0.3, -0.25) is 4.79 Å². The van der Waals surface area contributed by atoms with Crippen LogP contribution in [0, 0.1) is 5.82 Å². The number of hydrogen-bond acceptors (Lipinski definition) is 2. The van der Waals surface area contributed by atoms with Crippen LogP contribution in [0.3, 0.4) is 0 Å². The maximum Gasteiger partial charge on any atom is 0.275 e. The zero-order valence-corrected chi connectivity index (χ0v) is 10.2. The molecule has 0 fully saturated rings. The average Bonchev–Trinajstić information content (AvgIpc) is 2.29. The number of amides is 1. The second kappa shape index (κ2) is 5.05. The average molecular weight is 295 g/mol. The summed E-state index contributed by atoms with van der Waals surface area (Å²) in [7, 11) is 0. The third kappa shape index (κ3) is 2.88. The van der Waals surface area contributed by atoms with E-state index >= 15 is 0 Å². The summed E-state index contributed by atoms with van der Waals surface area (Å²) in [6, 6.07) is 9.12. The number of benzene rings is 1. The summed E-state index contributed by atoms with van der Waals surface area (Å²) in [6.45, 7) is 0. The van der Waals surface area contributed by atoms with E-state index in [1.54, 1.807) is 18.2 Å². The number of halogens is 2. The Labute approximate surface area is 106 Å². The van der Waals surface area contributed by atoms with Crippen LogP contribution in [-0.2, 0) is 0 Å². The molecular weight excluding hydrogens is 287 g/mol. The highest BCUT2D eigenvalue weighted by atomic mass is 79.9. The van der Waals surface area contributed by atoms with Gasteiger partial charge in [-0.1, -0.05) is 6.07 Å². The monoisotopic (exact) mass is 294 g/mol. The molecule has 0 radical (unpaired) electrons. The minimum Gasteiger partial charge on any atom is -0.321 e. The first kappa shape index (κ1) is 11.7. The highest BCUT2D eigenvalue weighted by Crippen LogP contribution is 2.16. The molecule has 0 saturated heterocycles. The van der Waals surface area contributed by atoms with Gasteiger partial charge in [0.15, 0.2) is 0 Å². The van der Waals surface area contributed by atoms with Crippen molar-refractivity contribution in [2.75, 3.05) is 5.32 Å². The van der Waals surface area contributed by atoms with Crippen LogP contribution in [-0.4, -0.2) is 10.9 Å². The highest BCUT2D eigenvalue weighted by molar-refractivity contribution is 9.10. The molecule has 0 aliphatic rings. The lowest BCUT2D eigenvalue weighted by Crippen LogP contribution is -2.14. The first-order chi connectivity index (χ1) is 8.16. The zero-order chi connectivity index (χ0) is 12.3. The van der Waals surface area contributed by atoms with E-state index in [1.165, 1.54) is 24.4 Å². The van der Waals surface area contributed by atoms with Gasteiger partial charge in [-0.25, -0.2) is 9.37 Å². The van der Waals surface area contributed by atoms with E-state index < -0.39 is 5.82 Å². The number of aromatic nitrogens is 1. The second-order valence-electron chi connectivity index (χ2n) is 3.30. The van der Waals surface area contributed by atoms with Crippen molar-refractivity contribution in [3.63, 3.8) is 0 Å². The Morgan fingerprint density at radius 3 is 2.82 bits per heavy atom. The summed E-state index contributed by atoms with van der Waals surface area (Å²) in [6.07, 6.45) is 1.52. The van der Waals surface area contributed by atoms with E-state index in [0.29, 0.717) is 10.2 Å². The molecule has 0 atom stereocenters. The van der Waals surface area contributed by atoms with Gasteiger partial charge in [-0.15, -0.1) is 0 Å². The van der Waals surface area contributed by atoms with Crippen molar-refractivity contribution in [2.45, 2.75) is 0 Å². The molecule has 17 heavy (non-hydrogen) atoms. The lowest BCUT2D eigenvalue weighted by atomic mass is 10.3. The predicted octanol–water partition coefficient (Wildman–Crippen LogP) is 3.24. The van der Waals surface area contributed by atoms with Crippen molar-refractivity contribution in [1.82, 2.24) is 4.98 Å². The first-order valence-electron chi connectivity index (χ1n) is 4.84. The number of nitrogens with one attached hydrogen (secondary N) is 1. The molecule has 0 bridgehead atoms. The number of carbonyl (C=O) groups is 1. The summed E-state index contributed by atoms with van der Waals surface area (Å²) in [5.41, 5.74) is 0.657. The Morgan fingerprint density at radius 1 is 1.29 bits per heavy atom. The van der Waals surface area contributed by atoms with Gasteiger partial charge in [-0.05, 0) is 46.3 Å². The van der Waals surface area contributed by atoms with Gasteiger partial charge >= 0.3 is 0 Å². The molecule has 0 unspecified atom stereocenters. The van der Waals surface area contributed by atoms with Crippen molar-refractivity contribution in [2.24, 2.45) is 0 Å². The Balaban J connectivity index is 2.20. The van der Waals surface area contributed by atoms with E-state index in [0.717, 1.165) is 0 Å². The first-order valence-corrected chi connectivity index (χ1v) is 5.63. The fourth-order valence-electron chi connectivity index (χ4n) is 1.31. The van der Waals surface area contributed by atoms with E-state index in [-0.39, 0.29) is 11.6 Å².